The average molecular weight is 448 g/mol. The van der Waals surface area contributed by atoms with Gasteiger partial charge in [0.2, 0.25) is 5.91 Å². The van der Waals surface area contributed by atoms with Crippen LogP contribution in [0.2, 0.25) is 0 Å². The molecule has 1 N–H and O–H groups in total. The highest BCUT2D eigenvalue weighted by atomic mass is 32.1. The van der Waals surface area contributed by atoms with Crippen LogP contribution in [0.15, 0.2) is 72.1 Å². The second kappa shape index (κ2) is 9.30. The molecule has 1 aliphatic heterocycles. The molecule has 3 heterocycles. The molecule has 4 aromatic rings. The predicted molar refractivity (Wildman–Crippen MR) is 129 cm³/mol. The summed E-state index contributed by atoms with van der Waals surface area (Å²) in [5, 5.41) is 6.76. The molecule has 1 fully saturated rings. The van der Waals surface area contributed by atoms with E-state index in [1.807, 2.05) is 29.2 Å². The number of thiophene rings is 1. The van der Waals surface area contributed by atoms with Gasteiger partial charge in [-0.1, -0.05) is 48.5 Å². The summed E-state index contributed by atoms with van der Waals surface area (Å²) in [6, 6.07) is 22.9. The van der Waals surface area contributed by atoms with Crippen molar-refractivity contribution in [2.75, 3.05) is 19.6 Å². The summed E-state index contributed by atoms with van der Waals surface area (Å²) in [4.78, 5) is 21.2. The number of aromatic nitrogens is 1. The summed E-state index contributed by atoms with van der Waals surface area (Å²) in [5.41, 5.74) is 2.25. The van der Waals surface area contributed by atoms with Crippen molar-refractivity contribution >= 4 is 38.8 Å². The zero-order valence-corrected chi connectivity index (χ0v) is 18.9. The van der Waals surface area contributed by atoms with Gasteiger partial charge in [0.1, 0.15) is 0 Å². The van der Waals surface area contributed by atoms with Gasteiger partial charge in [0.15, 0.2) is 0 Å². The number of fused-ring (bicyclic) bond motifs is 1. The van der Waals surface area contributed by atoms with Crippen LogP contribution in [0.4, 0.5) is 0 Å². The van der Waals surface area contributed by atoms with E-state index in [0.717, 1.165) is 36.5 Å². The molecule has 0 bridgehead atoms. The van der Waals surface area contributed by atoms with Gasteiger partial charge in [0.05, 0.1) is 27.8 Å². The number of rotatable bonds is 6. The van der Waals surface area contributed by atoms with E-state index >= 15 is 0 Å². The summed E-state index contributed by atoms with van der Waals surface area (Å²) >= 11 is 3.49. The van der Waals surface area contributed by atoms with Crippen molar-refractivity contribution in [1.82, 2.24) is 15.2 Å². The lowest BCUT2D eigenvalue weighted by atomic mass is 9.98. The Balaban J connectivity index is 1.26. The fourth-order valence-electron chi connectivity index (χ4n) is 4.25. The Morgan fingerprint density at radius 1 is 1.10 bits per heavy atom. The van der Waals surface area contributed by atoms with E-state index in [2.05, 4.69) is 53.2 Å². The van der Waals surface area contributed by atoms with Crippen LogP contribution in [0.1, 0.15) is 40.2 Å². The van der Waals surface area contributed by atoms with Crippen LogP contribution in [0.5, 0.6) is 0 Å². The van der Waals surface area contributed by atoms with Crippen molar-refractivity contribution < 1.29 is 4.79 Å². The minimum Gasteiger partial charge on any atom is -0.341 e. The first-order chi connectivity index (χ1) is 15.3. The van der Waals surface area contributed by atoms with Gasteiger partial charge in [-0.25, -0.2) is 4.98 Å². The van der Waals surface area contributed by atoms with Crippen molar-refractivity contribution in [3.8, 4) is 0 Å². The number of hydrogen-bond acceptors (Lipinski definition) is 5. The van der Waals surface area contributed by atoms with Gasteiger partial charge in [-0.05, 0) is 42.0 Å². The molecule has 2 atom stereocenters. The lowest BCUT2D eigenvalue weighted by molar-refractivity contribution is -0.131. The number of benzene rings is 2. The number of amides is 1. The number of nitrogens with zero attached hydrogens (tertiary/aromatic N) is 2. The van der Waals surface area contributed by atoms with Gasteiger partial charge in [-0.15, -0.1) is 22.7 Å². The molecule has 158 valence electrons. The smallest absolute Gasteiger partial charge is 0.236 e. The van der Waals surface area contributed by atoms with Crippen LogP contribution in [-0.4, -0.2) is 35.4 Å². The quantitative estimate of drug-likeness (QED) is 0.428. The molecule has 0 radical (unpaired) electrons. The first-order valence-corrected chi connectivity index (χ1v) is 12.4. The summed E-state index contributed by atoms with van der Waals surface area (Å²) < 4.78 is 1.23. The Kier molecular flexibility index (Phi) is 6.11. The zero-order valence-electron chi connectivity index (χ0n) is 17.2. The Hall–Kier alpha value is -2.54. The van der Waals surface area contributed by atoms with Gasteiger partial charge in [0.25, 0.3) is 0 Å². The number of nitrogens with one attached hydrogen (secondary N) is 1. The molecular weight excluding hydrogens is 422 g/mol. The molecule has 0 saturated carbocycles. The van der Waals surface area contributed by atoms with Crippen LogP contribution in [0.25, 0.3) is 10.2 Å². The number of hydrogen-bond donors (Lipinski definition) is 1. The molecule has 2 aromatic carbocycles. The molecule has 5 rings (SSSR count). The van der Waals surface area contributed by atoms with Crippen LogP contribution in [-0.2, 0) is 4.79 Å². The topological polar surface area (TPSA) is 45.2 Å². The van der Waals surface area contributed by atoms with Crippen molar-refractivity contribution in [2.45, 2.75) is 24.8 Å². The highest BCUT2D eigenvalue weighted by Gasteiger charge is 2.27. The molecule has 1 amide bonds. The lowest BCUT2D eigenvalue weighted by Crippen LogP contribution is -2.44. The van der Waals surface area contributed by atoms with Crippen LogP contribution in [0.3, 0.4) is 0 Å². The SMILES string of the molecule is O=C(CNC(c1ccccc1)c1cccs1)N1CCCC(c2nc3ccccc3s2)C1. The number of carbonyl (C=O) groups is 1. The second-order valence-corrected chi connectivity index (χ2v) is 9.98. The number of piperidine rings is 1. The number of carbonyl (C=O) groups excluding carboxylic acids is 1. The van der Waals surface area contributed by atoms with Gasteiger partial charge < -0.3 is 4.90 Å². The number of likely N-dealkylation sites (tertiary alicyclic amines) is 1. The van der Waals surface area contributed by atoms with Gasteiger partial charge in [-0.2, -0.15) is 0 Å². The van der Waals surface area contributed by atoms with Crippen LogP contribution in [0, 0.1) is 0 Å². The van der Waals surface area contributed by atoms with E-state index in [1.54, 1.807) is 22.7 Å². The number of para-hydroxylation sites is 1. The highest BCUT2D eigenvalue weighted by Crippen LogP contribution is 2.33. The van der Waals surface area contributed by atoms with E-state index in [9.17, 15) is 4.79 Å². The van der Waals surface area contributed by atoms with E-state index in [4.69, 9.17) is 4.98 Å². The lowest BCUT2D eigenvalue weighted by Gasteiger charge is -2.32. The maximum Gasteiger partial charge on any atom is 0.236 e. The average Bonchev–Trinajstić information content (AvgIpc) is 3.50. The fraction of sp³-hybridized carbons (Fsp3) is 0.280. The van der Waals surface area contributed by atoms with Crippen LogP contribution < -0.4 is 5.32 Å². The third-order valence-electron chi connectivity index (χ3n) is 5.85. The first-order valence-electron chi connectivity index (χ1n) is 10.7. The largest absolute Gasteiger partial charge is 0.341 e. The maximum atomic E-state index is 13.1. The number of thiazole rings is 1. The summed E-state index contributed by atoms with van der Waals surface area (Å²) in [6.45, 7) is 1.93. The Bertz CT molecular complexity index is 1110. The minimum absolute atomic E-state index is 0.0370. The fourth-order valence-corrected chi connectivity index (χ4v) is 6.17. The molecule has 4 nitrogen and oxygen atoms in total. The molecule has 2 unspecified atom stereocenters. The molecule has 1 aliphatic rings. The molecule has 0 spiro atoms. The van der Waals surface area contributed by atoms with Crippen molar-refractivity contribution in [3.63, 3.8) is 0 Å². The van der Waals surface area contributed by atoms with Crippen LogP contribution >= 0.6 is 22.7 Å². The predicted octanol–water partition coefficient (Wildman–Crippen LogP) is 5.44. The first kappa shape index (κ1) is 20.4. The highest BCUT2D eigenvalue weighted by molar-refractivity contribution is 7.18. The minimum atomic E-state index is 0.0370. The van der Waals surface area contributed by atoms with E-state index < -0.39 is 0 Å². The van der Waals surface area contributed by atoms with E-state index in [0.29, 0.717) is 12.5 Å². The summed E-state index contributed by atoms with van der Waals surface area (Å²) in [6.07, 6.45) is 2.12. The summed E-state index contributed by atoms with van der Waals surface area (Å²) in [5.74, 6) is 0.501. The van der Waals surface area contributed by atoms with Crippen molar-refractivity contribution in [1.29, 1.82) is 0 Å². The normalized spacial score (nSPS) is 17.7. The Labute approximate surface area is 190 Å². The third-order valence-corrected chi connectivity index (χ3v) is 7.99. The maximum absolute atomic E-state index is 13.1. The van der Waals surface area contributed by atoms with Gasteiger partial charge >= 0.3 is 0 Å². The molecular formula is C25H25N3OS2. The molecule has 2 aromatic heterocycles. The monoisotopic (exact) mass is 447 g/mol. The zero-order chi connectivity index (χ0) is 21.0. The summed E-state index contributed by atoms with van der Waals surface area (Å²) in [7, 11) is 0. The second-order valence-electron chi connectivity index (χ2n) is 7.94. The van der Waals surface area contributed by atoms with Gasteiger partial charge in [-0.3, -0.25) is 10.1 Å². The Morgan fingerprint density at radius 3 is 2.74 bits per heavy atom. The molecule has 6 heteroatoms. The van der Waals surface area contributed by atoms with E-state index in [1.165, 1.54) is 15.1 Å². The van der Waals surface area contributed by atoms with E-state index in [-0.39, 0.29) is 11.9 Å². The molecule has 1 saturated heterocycles. The molecule has 31 heavy (non-hydrogen) atoms. The third kappa shape index (κ3) is 4.56. The van der Waals surface area contributed by atoms with Crippen molar-refractivity contribution in [3.05, 3.63) is 87.6 Å². The molecule has 0 aliphatic carbocycles. The van der Waals surface area contributed by atoms with Gasteiger partial charge in [0, 0.05) is 23.9 Å². The Morgan fingerprint density at radius 2 is 1.94 bits per heavy atom. The standard InChI is InChI=1S/C25H25N3OS2/c29-23(16-26-24(22-13-7-15-30-22)18-8-2-1-3-9-18)28-14-6-10-19(17-28)25-27-20-11-4-5-12-21(20)31-25/h1-5,7-9,11-13,15,19,24,26H,6,10,14,16-17H2. The van der Waals surface area contributed by atoms with Crippen molar-refractivity contribution in [2.24, 2.45) is 0 Å².